The van der Waals surface area contributed by atoms with Crippen LogP contribution in [0.15, 0.2) is 47.1 Å². The molecule has 6 heterocycles. The van der Waals surface area contributed by atoms with Crippen LogP contribution in [-0.4, -0.2) is 144 Å². The average molecular weight is 891 g/mol. The monoisotopic (exact) mass is 891 g/mol. The molecule has 1 spiro atoms. The summed E-state index contributed by atoms with van der Waals surface area (Å²) in [6, 6.07) is 0. The third kappa shape index (κ3) is 9.98. The fourth-order valence-electron chi connectivity index (χ4n) is 11.0. The van der Waals surface area contributed by atoms with Crippen molar-refractivity contribution in [3.8, 4) is 0 Å². The molecule has 0 radical (unpaired) electrons. The van der Waals surface area contributed by atoms with Gasteiger partial charge in [0.1, 0.15) is 42.0 Å². The first-order valence-electron chi connectivity index (χ1n) is 23.3. The van der Waals surface area contributed by atoms with Gasteiger partial charge in [0.15, 0.2) is 24.7 Å². The van der Waals surface area contributed by atoms with E-state index in [9.17, 15) is 25.2 Å². The Hall–Kier alpha value is -2.09. The molecule has 1 unspecified atom stereocenters. The average Bonchev–Trinajstić information content (AvgIpc) is 3.51. The molecular weight excluding hydrogens is 817 g/mol. The van der Waals surface area contributed by atoms with E-state index < -0.39 is 103 Å². The molecule has 6 aliphatic heterocycles. The van der Waals surface area contributed by atoms with Crippen molar-refractivity contribution in [3.63, 3.8) is 0 Å². The number of aliphatic hydroxyl groups is 4. The van der Waals surface area contributed by atoms with Gasteiger partial charge in [-0.3, -0.25) is 4.79 Å². The number of esters is 1. The van der Waals surface area contributed by atoms with Gasteiger partial charge in [-0.1, -0.05) is 64.5 Å². The number of fused-ring (bicyclic) bond motifs is 2. The molecule has 0 saturated carbocycles. The second kappa shape index (κ2) is 20.0. The number of ether oxygens (including phenoxy) is 10. The van der Waals surface area contributed by atoms with Gasteiger partial charge in [0, 0.05) is 57.8 Å². The lowest BCUT2D eigenvalue weighted by Crippen LogP contribution is -2.58. The predicted octanol–water partition coefficient (Wildman–Crippen LogP) is 4.92. The highest BCUT2D eigenvalue weighted by molar-refractivity contribution is 5.78. The molecular formula is C48H74O15. The summed E-state index contributed by atoms with van der Waals surface area (Å²) < 4.78 is 63.5. The van der Waals surface area contributed by atoms with Crippen molar-refractivity contribution in [1.29, 1.82) is 0 Å². The summed E-state index contributed by atoms with van der Waals surface area (Å²) in [5.74, 6) is -2.58. The van der Waals surface area contributed by atoms with Crippen molar-refractivity contribution < 1.29 is 72.6 Å². The van der Waals surface area contributed by atoms with Gasteiger partial charge in [0.05, 0.1) is 42.7 Å². The van der Waals surface area contributed by atoms with Crippen molar-refractivity contribution in [1.82, 2.24) is 0 Å². The molecule has 2 bridgehead atoms. The third-order valence-corrected chi connectivity index (χ3v) is 15.0. The summed E-state index contributed by atoms with van der Waals surface area (Å²) in [6.07, 6.45) is 3.17. The van der Waals surface area contributed by atoms with Crippen LogP contribution in [-0.2, 0) is 52.2 Å². The Balaban J connectivity index is 1.19. The second-order valence-corrected chi connectivity index (χ2v) is 19.5. The maximum absolute atomic E-state index is 14.4. The molecule has 0 aromatic heterocycles. The van der Waals surface area contributed by atoms with E-state index in [0.717, 1.165) is 18.4 Å². The lowest BCUT2D eigenvalue weighted by atomic mass is 9.70. The second-order valence-electron chi connectivity index (χ2n) is 19.5. The van der Waals surface area contributed by atoms with Gasteiger partial charge in [-0.05, 0) is 63.5 Å². The van der Waals surface area contributed by atoms with Crippen molar-refractivity contribution in [3.05, 3.63) is 47.1 Å². The minimum absolute atomic E-state index is 0.0381. The number of carbonyl (C=O) groups excluding carboxylic acids is 1. The number of carbonyl (C=O) groups is 1. The van der Waals surface area contributed by atoms with E-state index in [-0.39, 0.29) is 23.7 Å². The first kappa shape index (κ1) is 48.8. The fraction of sp³-hybridized carbons (Fsp3) is 0.812. The Morgan fingerprint density at radius 3 is 2.30 bits per heavy atom. The van der Waals surface area contributed by atoms with Crippen LogP contribution in [0.4, 0.5) is 0 Å². The maximum atomic E-state index is 14.4. The summed E-state index contributed by atoms with van der Waals surface area (Å²) in [5.41, 5.74) is -0.695. The number of aliphatic hydroxyl groups excluding tert-OH is 3. The molecule has 63 heavy (non-hydrogen) atoms. The molecule has 7 rings (SSSR count). The molecule has 356 valence electrons. The third-order valence-electron chi connectivity index (χ3n) is 15.0. The van der Waals surface area contributed by atoms with Gasteiger partial charge >= 0.3 is 5.97 Å². The minimum atomic E-state index is -2.10. The van der Waals surface area contributed by atoms with Gasteiger partial charge in [0.25, 0.3) is 0 Å². The summed E-state index contributed by atoms with van der Waals surface area (Å²) in [4.78, 5) is 14.4. The van der Waals surface area contributed by atoms with Gasteiger partial charge < -0.3 is 67.8 Å². The molecule has 5 saturated heterocycles. The molecule has 5 fully saturated rings. The van der Waals surface area contributed by atoms with Gasteiger partial charge in [0.2, 0.25) is 0 Å². The molecule has 0 aromatic carbocycles. The van der Waals surface area contributed by atoms with Crippen LogP contribution in [0.1, 0.15) is 107 Å². The molecule has 7 aliphatic rings. The molecule has 21 atom stereocenters. The quantitative estimate of drug-likeness (QED) is 0.190. The van der Waals surface area contributed by atoms with Crippen molar-refractivity contribution in [2.24, 2.45) is 23.7 Å². The topological polar surface area (TPSA) is 190 Å². The smallest absolute Gasteiger partial charge is 0.316 e. The minimum Gasteiger partial charge on any atom is -0.462 e. The van der Waals surface area contributed by atoms with E-state index in [1.165, 1.54) is 6.08 Å². The van der Waals surface area contributed by atoms with Crippen molar-refractivity contribution >= 4 is 5.97 Å². The van der Waals surface area contributed by atoms with Crippen LogP contribution in [0.25, 0.3) is 0 Å². The van der Waals surface area contributed by atoms with E-state index in [0.29, 0.717) is 55.9 Å². The Bertz CT molecular complexity index is 1710. The van der Waals surface area contributed by atoms with Crippen LogP contribution < -0.4 is 0 Å². The highest BCUT2D eigenvalue weighted by atomic mass is 16.7. The Morgan fingerprint density at radius 2 is 1.59 bits per heavy atom. The highest BCUT2D eigenvalue weighted by Crippen LogP contribution is 2.49. The Morgan fingerprint density at radius 1 is 0.889 bits per heavy atom. The lowest BCUT2D eigenvalue weighted by Gasteiger charge is -2.51. The highest BCUT2D eigenvalue weighted by Gasteiger charge is 2.63. The van der Waals surface area contributed by atoms with Crippen LogP contribution in [0.3, 0.4) is 0 Å². The Labute approximate surface area is 373 Å². The van der Waals surface area contributed by atoms with Crippen molar-refractivity contribution in [2.45, 2.75) is 210 Å². The number of hydrogen-bond donors (Lipinski definition) is 4. The van der Waals surface area contributed by atoms with E-state index >= 15 is 0 Å². The number of hydrogen-bond acceptors (Lipinski definition) is 15. The van der Waals surface area contributed by atoms with Crippen LogP contribution in [0.5, 0.6) is 0 Å². The van der Waals surface area contributed by atoms with Gasteiger partial charge in [-0.15, -0.1) is 0 Å². The van der Waals surface area contributed by atoms with Crippen LogP contribution in [0.2, 0.25) is 0 Å². The largest absolute Gasteiger partial charge is 0.462 e. The molecule has 0 aromatic rings. The molecule has 1 aliphatic carbocycles. The first-order valence-corrected chi connectivity index (χ1v) is 23.3. The summed E-state index contributed by atoms with van der Waals surface area (Å²) in [5, 5.41) is 45.5. The first-order chi connectivity index (χ1) is 29.9. The number of allylic oxidation sites excluding steroid dienone is 2. The van der Waals surface area contributed by atoms with Crippen LogP contribution >= 0.6 is 0 Å². The zero-order valence-electron chi connectivity index (χ0n) is 38.8. The maximum Gasteiger partial charge on any atom is 0.316 e. The zero-order chi connectivity index (χ0) is 45.5. The predicted molar refractivity (Wildman–Crippen MR) is 229 cm³/mol. The molecule has 15 heteroatoms. The van der Waals surface area contributed by atoms with Gasteiger partial charge in [-0.25, -0.2) is 0 Å². The van der Waals surface area contributed by atoms with Crippen molar-refractivity contribution in [2.75, 3.05) is 14.2 Å². The normalized spacial score (nSPS) is 50.0. The standard InChI is InChI=1S/C48H74O15/c1-11-24(2)42-27(5)17-18-47(63-42)23-32-20-31(62-47)16-15-26(4)41(59-38-22-36(55-10)43(30(8)57-38)60-37-21-35(54-9)40(50)29(7)56-37)25(3)13-12-14-33-45(51)61-44-39(49)28(6)19-34(46(52)58-32)48(33,44)53/h12-15,19,24-25,27,29-32,34-45,49-51,53H,11,16-18,20-23H2,1-10H3/b13-12+,26-15+,33-14+/t24-,25-,27-,29-,30-,31+,32-,34-,35-,36-,37-,38-,39+,40-,41-,42+,43-,44+,45?,47+,48+/m0/s1. The summed E-state index contributed by atoms with van der Waals surface area (Å²) >= 11 is 0. The van der Waals surface area contributed by atoms with E-state index in [4.69, 9.17) is 47.4 Å². The summed E-state index contributed by atoms with van der Waals surface area (Å²) in [6.45, 7) is 16.0. The van der Waals surface area contributed by atoms with E-state index in [1.807, 2.05) is 26.8 Å². The molecule has 4 N–H and O–H groups in total. The molecule has 15 nitrogen and oxygen atoms in total. The van der Waals surface area contributed by atoms with Crippen LogP contribution in [0, 0.1) is 23.7 Å². The number of rotatable bonds is 8. The summed E-state index contributed by atoms with van der Waals surface area (Å²) in [7, 11) is 3.20. The molecule has 0 amide bonds. The Kier molecular flexibility index (Phi) is 15.5. The zero-order valence-corrected chi connectivity index (χ0v) is 38.8. The van der Waals surface area contributed by atoms with E-state index in [1.54, 1.807) is 40.2 Å². The fourth-order valence-corrected chi connectivity index (χ4v) is 11.0. The lowest BCUT2D eigenvalue weighted by molar-refractivity contribution is -0.340. The SMILES string of the molecule is CC[C@H](C)[C@H]1O[C@]2(CC[C@@H]1C)C[C@@H]1C[C@@H](C/C=C(\C)[C@@H](O[C@H]3C[C@H](OC)[C@@H](O[C@H]4C[C@H](OC)[C@@H](O)[C@H](C)O4)[C@H](C)O3)[C@@H](C)/C=C/C=C3\C(O)O[C@@H]4[C@H](O)C(C)=C[C@@H](C(=O)O1)[C@]34O)O2. The number of methoxy groups -OCH3 is 2. The van der Waals surface area contributed by atoms with E-state index in [2.05, 4.69) is 26.8 Å². The van der Waals surface area contributed by atoms with Gasteiger partial charge in [-0.2, -0.15) is 0 Å².